The molecule has 4 aromatic rings. The van der Waals surface area contributed by atoms with Crippen molar-refractivity contribution in [2.45, 2.75) is 49.6 Å². The summed E-state index contributed by atoms with van der Waals surface area (Å²) in [7, 11) is -3.76. The molecule has 0 aliphatic heterocycles. The average Bonchev–Trinajstić information content (AvgIpc) is 3.37. The predicted octanol–water partition coefficient (Wildman–Crippen LogP) is 4.97. The fourth-order valence-electron chi connectivity index (χ4n) is 4.30. The van der Waals surface area contributed by atoms with Crippen LogP contribution in [-0.4, -0.2) is 29.5 Å². The molecule has 0 saturated heterocycles. The smallest absolute Gasteiger partial charge is 0.245 e. The lowest BCUT2D eigenvalue weighted by Crippen LogP contribution is -2.15. The van der Waals surface area contributed by atoms with Crippen LogP contribution in [0.2, 0.25) is 0 Å². The summed E-state index contributed by atoms with van der Waals surface area (Å²) in [4.78, 5) is 14.1. The lowest BCUT2D eigenvalue weighted by molar-refractivity contribution is 0.204. The number of halogens is 1. The highest BCUT2D eigenvalue weighted by atomic mass is 32.2. The van der Waals surface area contributed by atoms with E-state index in [1.165, 1.54) is 24.3 Å². The van der Waals surface area contributed by atoms with E-state index >= 15 is 0 Å². The van der Waals surface area contributed by atoms with Crippen molar-refractivity contribution in [1.29, 1.82) is 0 Å². The number of fused-ring (bicyclic) bond motifs is 1. The normalized spacial score (nSPS) is 15.2. The lowest BCUT2D eigenvalue weighted by atomic mass is 10.1. The van der Waals surface area contributed by atoms with Gasteiger partial charge >= 0.3 is 0 Å². The molecule has 0 radical (unpaired) electrons. The highest BCUT2D eigenvalue weighted by Gasteiger charge is 2.21. The topological polar surface area (TPSA) is 120 Å². The number of rotatable bonds is 7. The fraction of sp³-hybridized carbons (Fsp3) is 0.269. The molecule has 36 heavy (non-hydrogen) atoms. The number of primary sulfonamides is 1. The van der Waals surface area contributed by atoms with E-state index in [0.29, 0.717) is 28.6 Å². The second kappa shape index (κ2) is 9.79. The second-order valence-electron chi connectivity index (χ2n) is 8.93. The van der Waals surface area contributed by atoms with E-state index in [-0.39, 0.29) is 22.9 Å². The molecule has 2 heterocycles. The summed E-state index contributed by atoms with van der Waals surface area (Å²) in [5.41, 5.74) is 3.45. The Morgan fingerprint density at radius 2 is 1.67 bits per heavy atom. The minimum absolute atomic E-state index is 0.0516. The zero-order chi connectivity index (χ0) is 25.3. The van der Waals surface area contributed by atoms with E-state index in [9.17, 15) is 12.8 Å². The van der Waals surface area contributed by atoms with Crippen LogP contribution in [0.4, 0.5) is 10.3 Å². The SMILES string of the molecule is CC(Nc1nc(OC2CCCC2)c2nc(-c3ccc(F)cc3)ccc2n1)c1ccc(S(N)(=O)=O)cc1. The Labute approximate surface area is 208 Å². The predicted molar refractivity (Wildman–Crippen MR) is 135 cm³/mol. The summed E-state index contributed by atoms with van der Waals surface area (Å²) in [6, 6.07) is 16.0. The Hall–Kier alpha value is -3.63. The van der Waals surface area contributed by atoms with Gasteiger partial charge in [0, 0.05) is 5.56 Å². The Bertz CT molecular complexity index is 1490. The van der Waals surface area contributed by atoms with Crippen molar-refractivity contribution in [1.82, 2.24) is 15.0 Å². The van der Waals surface area contributed by atoms with E-state index in [1.54, 1.807) is 24.3 Å². The molecule has 0 spiro atoms. The Morgan fingerprint density at radius 1 is 0.972 bits per heavy atom. The van der Waals surface area contributed by atoms with Crippen LogP contribution < -0.4 is 15.2 Å². The number of benzene rings is 2. The van der Waals surface area contributed by atoms with Crippen LogP contribution in [-0.2, 0) is 10.0 Å². The monoisotopic (exact) mass is 507 g/mol. The maximum Gasteiger partial charge on any atom is 0.245 e. The number of nitrogens with two attached hydrogens (primary N) is 1. The minimum Gasteiger partial charge on any atom is -0.473 e. The molecule has 1 unspecified atom stereocenters. The molecule has 8 nitrogen and oxygen atoms in total. The van der Waals surface area contributed by atoms with E-state index in [4.69, 9.17) is 14.9 Å². The van der Waals surface area contributed by atoms with Crippen LogP contribution >= 0.6 is 0 Å². The van der Waals surface area contributed by atoms with Gasteiger partial charge in [-0.2, -0.15) is 4.98 Å². The van der Waals surface area contributed by atoms with Gasteiger partial charge in [-0.25, -0.2) is 27.9 Å². The van der Waals surface area contributed by atoms with Crippen LogP contribution in [0.5, 0.6) is 5.88 Å². The molecule has 1 aliphatic rings. The molecule has 1 fully saturated rings. The summed E-state index contributed by atoms with van der Waals surface area (Å²) >= 11 is 0. The van der Waals surface area contributed by atoms with E-state index in [1.807, 2.05) is 19.1 Å². The van der Waals surface area contributed by atoms with Crippen molar-refractivity contribution in [3.8, 4) is 17.1 Å². The number of nitrogens with zero attached hydrogens (tertiary/aromatic N) is 3. The number of aromatic nitrogens is 3. The number of ether oxygens (including phenoxy) is 1. The number of pyridine rings is 1. The zero-order valence-corrected chi connectivity index (χ0v) is 20.5. The summed E-state index contributed by atoms with van der Waals surface area (Å²) in [5.74, 6) is 0.460. The van der Waals surface area contributed by atoms with Crippen molar-refractivity contribution in [2.75, 3.05) is 5.32 Å². The van der Waals surface area contributed by atoms with Crippen LogP contribution in [0.1, 0.15) is 44.2 Å². The Balaban J connectivity index is 1.48. The first-order valence-electron chi connectivity index (χ1n) is 11.8. The number of nitrogens with one attached hydrogen (secondary N) is 1. The number of hydrogen-bond donors (Lipinski definition) is 2. The summed E-state index contributed by atoms with van der Waals surface area (Å²) < 4.78 is 42.8. The van der Waals surface area contributed by atoms with Crippen molar-refractivity contribution in [2.24, 2.45) is 5.14 Å². The van der Waals surface area contributed by atoms with Gasteiger partial charge in [-0.05, 0) is 86.7 Å². The average molecular weight is 508 g/mol. The number of anilines is 1. The van der Waals surface area contributed by atoms with Crippen LogP contribution in [0.25, 0.3) is 22.3 Å². The molecule has 10 heteroatoms. The first-order valence-corrected chi connectivity index (χ1v) is 13.3. The standard InChI is InChI=1S/C26H26FN5O3S/c1-16(17-8-12-21(13-9-17)36(28,33)34)29-26-31-23-15-14-22(18-6-10-19(27)11-7-18)30-24(23)25(32-26)35-20-4-2-3-5-20/h6-16,20H,2-5H2,1H3,(H2,28,33,34)(H,29,31,32). The van der Waals surface area contributed by atoms with Gasteiger partial charge in [-0.15, -0.1) is 0 Å². The van der Waals surface area contributed by atoms with Crippen LogP contribution in [0.15, 0.2) is 65.6 Å². The minimum atomic E-state index is -3.76. The molecule has 0 amide bonds. The van der Waals surface area contributed by atoms with E-state index < -0.39 is 10.0 Å². The zero-order valence-electron chi connectivity index (χ0n) is 19.7. The lowest BCUT2D eigenvalue weighted by Gasteiger charge is -2.18. The largest absolute Gasteiger partial charge is 0.473 e. The number of sulfonamides is 1. The van der Waals surface area contributed by atoms with E-state index in [0.717, 1.165) is 36.8 Å². The van der Waals surface area contributed by atoms with Gasteiger partial charge in [0.2, 0.25) is 21.9 Å². The van der Waals surface area contributed by atoms with E-state index in [2.05, 4.69) is 15.3 Å². The summed E-state index contributed by atoms with van der Waals surface area (Å²) in [5, 5.41) is 8.47. The molecule has 0 bridgehead atoms. The first kappa shape index (κ1) is 24.1. The third-order valence-electron chi connectivity index (χ3n) is 6.29. The Morgan fingerprint density at radius 3 is 2.33 bits per heavy atom. The molecule has 5 rings (SSSR count). The van der Waals surface area contributed by atoms with Crippen molar-refractivity contribution in [3.05, 3.63) is 72.0 Å². The van der Waals surface area contributed by atoms with Crippen molar-refractivity contribution in [3.63, 3.8) is 0 Å². The highest BCUT2D eigenvalue weighted by Crippen LogP contribution is 2.31. The molecule has 1 saturated carbocycles. The summed E-state index contributed by atoms with van der Waals surface area (Å²) in [6.07, 6.45) is 4.20. The third-order valence-corrected chi connectivity index (χ3v) is 7.21. The van der Waals surface area contributed by atoms with Crippen LogP contribution in [0, 0.1) is 5.82 Å². The molecule has 3 N–H and O–H groups in total. The molecule has 2 aromatic carbocycles. The van der Waals surface area contributed by atoms with Crippen molar-refractivity contribution < 1.29 is 17.5 Å². The molecule has 186 valence electrons. The quantitative estimate of drug-likeness (QED) is 0.362. The molecular formula is C26H26FN5O3S. The van der Waals surface area contributed by atoms with Gasteiger partial charge in [0.15, 0.2) is 5.52 Å². The van der Waals surface area contributed by atoms with Gasteiger partial charge in [-0.3, -0.25) is 0 Å². The molecular weight excluding hydrogens is 481 g/mol. The molecule has 1 atom stereocenters. The Kier molecular flexibility index (Phi) is 6.55. The maximum absolute atomic E-state index is 13.4. The summed E-state index contributed by atoms with van der Waals surface area (Å²) in [6.45, 7) is 1.92. The van der Waals surface area contributed by atoms with Gasteiger partial charge in [-0.1, -0.05) is 12.1 Å². The third kappa shape index (κ3) is 5.29. The first-order chi connectivity index (χ1) is 17.3. The van der Waals surface area contributed by atoms with Crippen molar-refractivity contribution >= 4 is 27.0 Å². The van der Waals surface area contributed by atoms with Gasteiger partial charge in [0.25, 0.3) is 0 Å². The van der Waals surface area contributed by atoms with Gasteiger partial charge < -0.3 is 10.1 Å². The second-order valence-corrected chi connectivity index (χ2v) is 10.5. The molecule has 1 aliphatic carbocycles. The maximum atomic E-state index is 13.4. The van der Waals surface area contributed by atoms with Gasteiger partial charge in [0.1, 0.15) is 11.9 Å². The molecule has 2 aromatic heterocycles. The highest BCUT2D eigenvalue weighted by molar-refractivity contribution is 7.89. The fourth-order valence-corrected chi connectivity index (χ4v) is 4.82. The van der Waals surface area contributed by atoms with Crippen LogP contribution in [0.3, 0.4) is 0 Å². The number of hydrogen-bond acceptors (Lipinski definition) is 7. The van der Waals surface area contributed by atoms with Gasteiger partial charge in [0.05, 0.1) is 22.1 Å².